The predicted octanol–water partition coefficient (Wildman–Crippen LogP) is 3.10. The molecule has 1 N–H and O–H groups in total. The summed E-state index contributed by atoms with van der Waals surface area (Å²) in [5, 5.41) is 7.52. The van der Waals surface area contributed by atoms with Crippen molar-refractivity contribution in [3.63, 3.8) is 0 Å². The number of nitrogens with one attached hydrogen (secondary N) is 1. The van der Waals surface area contributed by atoms with E-state index in [4.69, 9.17) is 9.26 Å². The SMILES string of the molecule is COc1cccc(-c2noc(CC3CCCNCC3)n2)c1.Cl. The highest BCUT2D eigenvalue weighted by Crippen LogP contribution is 2.23. The minimum Gasteiger partial charge on any atom is -0.497 e. The van der Waals surface area contributed by atoms with Crippen LogP contribution in [0.1, 0.15) is 25.2 Å². The second kappa shape index (κ2) is 8.15. The van der Waals surface area contributed by atoms with Crippen molar-refractivity contribution >= 4 is 12.4 Å². The molecule has 2 heterocycles. The van der Waals surface area contributed by atoms with Crippen LogP contribution >= 0.6 is 12.4 Å². The summed E-state index contributed by atoms with van der Waals surface area (Å²) in [5.74, 6) is 2.81. The van der Waals surface area contributed by atoms with E-state index in [1.807, 2.05) is 24.3 Å². The molecule has 0 bridgehead atoms. The van der Waals surface area contributed by atoms with Gasteiger partial charge < -0.3 is 14.6 Å². The molecule has 0 radical (unpaired) electrons. The van der Waals surface area contributed by atoms with Crippen LogP contribution in [0.3, 0.4) is 0 Å². The van der Waals surface area contributed by atoms with Gasteiger partial charge in [0.1, 0.15) is 5.75 Å². The van der Waals surface area contributed by atoms with Crippen molar-refractivity contribution in [2.45, 2.75) is 25.7 Å². The van der Waals surface area contributed by atoms with E-state index in [-0.39, 0.29) is 12.4 Å². The Morgan fingerprint density at radius 2 is 2.23 bits per heavy atom. The van der Waals surface area contributed by atoms with Crippen LogP contribution in [0.4, 0.5) is 0 Å². The molecule has 1 aliphatic rings. The number of halogens is 1. The van der Waals surface area contributed by atoms with Gasteiger partial charge in [0, 0.05) is 12.0 Å². The lowest BCUT2D eigenvalue weighted by atomic mass is 9.97. The van der Waals surface area contributed by atoms with Gasteiger partial charge in [-0.1, -0.05) is 17.3 Å². The second-order valence-electron chi connectivity index (χ2n) is 5.49. The van der Waals surface area contributed by atoms with E-state index in [1.54, 1.807) is 7.11 Å². The molecule has 1 unspecified atom stereocenters. The summed E-state index contributed by atoms with van der Waals surface area (Å²) >= 11 is 0. The van der Waals surface area contributed by atoms with Gasteiger partial charge in [0.15, 0.2) is 0 Å². The summed E-state index contributed by atoms with van der Waals surface area (Å²) in [6, 6.07) is 7.72. The largest absolute Gasteiger partial charge is 0.497 e. The third-order valence-corrected chi connectivity index (χ3v) is 3.95. The average molecular weight is 324 g/mol. The van der Waals surface area contributed by atoms with Crippen molar-refractivity contribution in [3.05, 3.63) is 30.2 Å². The van der Waals surface area contributed by atoms with Gasteiger partial charge in [0.25, 0.3) is 0 Å². The van der Waals surface area contributed by atoms with Gasteiger partial charge in [-0.15, -0.1) is 12.4 Å². The van der Waals surface area contributed by atoms with Crippen molar-refractivity contribution in [3.8, 4) is 17.1 Å². The zero-order chi connectivity index (χ0) is 14.5. The highest BCUT2D eigenvalue weighted by molar-refractivity contribution is 5.85. The minimum absolute atomic E-state index is 0. The number of methoxy groups -OCH3 is 1. The van der Waals surface area contributed by atoms with Crippen molar-refractivity contribution in [2.24, 2.45) is 5.92 Å². The summed E-state index contributed by atoms with van der Waals surface area (Å²) in [4.78, 5) is 4.53. The van der Waals surface area contributed by atoms with Crippen LogP contribution in [-0.2, 0) is 6.42 Å². The average Bonchev–Trinajstić information content (AvgIpc) is 2.83. The Kier molecular flexibility index (Phi) is 6.21. The molecule has 1 aliphatic heterocycles. The molecule has 0 amide bonds. The van der Waals surface area contributed by atoms with Crippen molar-refractivity contribution in [1.82, 2.24) is 15.5 Å². The Balaban J connectivity index is 0.00000176. The van der Waals surface area contributed by atoms with Crippen LogP contribution in [0.25, 0.3) is 11.4 Å². The molecule has 1 saturated heterocycles. The molecule has 0 aliphatic carbocycles. The lowest BCUT2D eigenvalue weighted by molar-refractivity contribution is 0.341. The summed E-state index contributed by atoms with van der Waals surface area (Å²) in [6.45, 7) is 2.21. The maximum Gasteiger partial charge on any atom is 0.227 e. The van der Waals surface area contributed by atoms with E-state index >= 15 is 0 Å². The molecule has 2 aromatic rings. The Labute approximate surface area is 136 Å². The highest BCUT2D eigenvalue weighted by atomic mass is 35.5. The first-order valence-electron chi connectivity index (χ1n) is 7.53. The monoisotopic (exact) mass is 323 g/mol. The van der Waals surface area contributed by atoms with Crippen LogP contribution in [0.15, 0.2) is 28.8 Å². The van der Waals surface area contributed by atoms with Crippen LogP contribution in [0.2, 0.25) is 0 Å². The third kappa shape index (κ3) is 4.21. The van der Waals surface area contributed by atoms with Gasteiger partial charge in [0.05, 0.1) is 7.11 Å². The number of nitrogens with zero attached hydrogens (tertiary/aromatic N) is 2. The summed E-state index contributed by atoms with van der Waals surface area (Å²) in [6.07, 6.45) is 4.50. The quantitative estimate of drug-likeness (QED) is 0.936. The number of hydrogen-bond acceptors (Lipinski definition) is 5. The third-order valence-electron chi connectivity index (χ3n) is 3.95. The topological polar surface area (TPSA) is 60.2 Å². The number of aromatic nitrogens is 2. The fraction of sp³-hybridized carbons (Fsp3) is 0.500. The molecule has 5 nitrogen and oxygen atoms in total. The van der Waals surface area contributed by atoms with E-state index in [0.717, 1.165) is 36.7 Å². The van der Waals surface area contributed by atoms with Gasteiger partial charge in [-0.2, -0.15) is 4.98 Å². The number of ether oxygens (including phenoxy) is 1. The Morgan fingerprint density at radius 1 is 1.32 bits per heavy atom. The van der Waals surface area contributed by atoms with Crippen LogP contribution < -0.4 is 10.1 Å². The Morgan fingerprint density at radius 3 is 3.09 bits per heavy atom. The molecule has 0 spiro atoms. The summed E-state index contributed by atoms with van der Waals surface area (Å²) in [5.41, 5.74) is 0.923. The van der Waals surface area contributed by atoms with Crippen molar-refractivity contribution < 1.29 is 9.26 Å². The zero-order valence-electron chi connectivity index (χ0n) is 12.7. The lowest BCUT2D eigenvalue weighted by Crippen LogP contribution is -2.14. The fourth-order valence-electron chi connectivity index (χ4n) is 2.76. The molecule has 0 saturated carbocycles. The maximum atomic E-state index is 5.41. The molecular weight excluding hydrogens is 302 g/mol. The van der Waals surface area contributed by atoms with E-state index in [1.165, 1.54) is 19.3 Å². The summed E-state index contributed by atoms with van der Waals surface area (Å²) < 4.78 is 10.6. The highest BCUT2D eigenvalue weighted by Gasteiger charge is 2.17. The van der Waals surface area contributed by atoms with E-state index in [9.17, 15) is 0 Å². The van der Waals surface area contributed by atoms with Gasteiger partial charge in [-0.05, 0) is 50.4 Å². The molecule has 120 valence electrons. The molecule has 1 fully saturated rings. The van der Waals surface area contributed by atoms with Crippen LogP contribution in [-0.4, -0.2) is 30.3 Å². The standard InChI is InChI=1S/C16H21N3O2.ClH/c1-20-14-6-2-5-13(11-14)16-18-15(21-19-16)10-12-4-3-8-17-9-7-12;/h2,5-6,11-12,17H,3-4,7-10H2,1H3;1H. The lowest BCUT2D eigenvalue weighted by Gasteiger charge is -2.09. The van der Waals surface area contributed by atoms with Gasteiger partial charge in [0.2, 0.25) is 11.7 Å². The fourth-order valence-corrected chi connectivity index (χ4v) is 2.76. The Bertz CT molecular complexity index is 580. The van der Waals surface area contributed by atoms with Crippen molar-refractivity contribution in [2.75, 3.05) is 20.2 Å². The summed E-state index contributed by atoms with van der Waals surface area (Å²) in [7, 11) is 1.65. The number of rotatable bonds is 4. The molecule has 6 heteroatoms. The normalized spacial score (nSPS) is 18.3. The molecule has 3 rings (SSSR count). The van der Waals surface area contributed by atoms with E-state index in [2.05, 4.69) is 15.5 Å². The smallest absolute Gasteiger partial charge is 0.227 e. The molecule has 22 heavy (non-hydrogen) atoms. The molecule has 1 aromatic heterocycles. The van der Waals surface area contributed by atoms with Crippen LogP contribution in [0, 0.1) is 5.92 Å². The van der Waals surface area contributed by atoms with Crippen LogP contribution in [0.5, 0.6) is 5.75 Å². The zero-order valence-corrected chi connectivity index (χ0v) is 13.6. The van der Waals surface area contributed by atoms with Gasteiger partial charge in [-0.3, -0.25) is 0 Å². The molecule has 1 atom stereocenters. The number of hydrogen-bond donors (Lipinski definition) is 1. The first-order valence-corrected chi connectivity index (χ1v) is 7.53. The Hall–Kier alpha value is -1.59. The van der Waals surface area contributed by atoms with Gasteiger partial charge in [-0.25, -0.2) is 0 Å². The predicted molar refractivity (Wildman–Crippen MR) is 87.4 cm³/mol. The van der Waals surface area contributed by atoms with E-state index in [0.29, 0.717) is 11.7 Å². The minimum atomic E-state index is 0. The molecule has 1 aromatic carbocycles. The number of benzene rings is 1. The first kappa shape index (κ1) is 16.8. The van der Waals surface area contributed by atoms with Crippen molar-refractivity contribution in [1.29, 1.82) is 0 Å². The molecular formula is C16H22ClN3O2. The maximum absolute atomic E-state index is 5.41. The second-order valence-corrected chi connectivity index (χ2v) is 5.49. The van der Waals surface area contributed by atoms with E-state index < -0.39 is 0 Å². The first-order chi connectivity index (χ1) is 10.3. The van der Waals surface area contributed by atoms with Gasteiger partial charge >= 0.3 is 0 Å².